The van der Waals surface area contributed by atoms with E-state index in [2.05, 4.69) is 9.97 Å². The molecule has 0 aliphatic rings. The van der Waals surface area contributed by atoms with Gasteiger partial charge < -0.3 is 5.73 Å². The van der Waals surface area contributed by atoms with E-state index < -0.39 is 0 Å². The third kappa shape index (κ3) is 1.14. The first-order chi connectivity index (χ1) is 4.74. The van der Waals surface area contributed by atoms with Crippen LogP contribution in [0.15, 0.2) is 6.20 Å². The maximum Gasteiger partial charge on any atom is 0.223 e. The molecule has 0 aromatic carbocycles. The van der Waals surface area contributed by atoms with Crippen LogP contribution in [-0.4, -0.2) is 9.97 Å². The van der Waals surface area contributed by atoms with Gasteiger partial charge in [-0.05, 0) is 11.6 Å². The van der Waals surface area contributed by atoms with E-state index >= 15 is 0 Å². The Bertz CT molecular complexity index is 290. The van der Waals surface area contributed by atoms with Crippen LogP contribution in [0.2, 0.25) is 5.28 Å². The summed E-state index contributed by atoms with van der Waals surface area (Å²) in [5.74, 6) is 0. The van der Waals surface area contributed by atoms with Gasteiger partial charge in [0.05, 0.1) is 11.9 Å². The largest absolute Gasteiger partial charge is 0.395 e. The van der Waals surface area contributed by atoms with Gasteiger partial charge in [-0.1, -0.05) is 0 Å². The van der Waals surface area contributed by atoms with Crippen LogP contribution in [0.3, 0.4) is 0 Å². The number of hydrogen-bond acceptors (Lipinski definition) is 4. The van der Waals surface area contributed by atoms with Crippen LogP contribution < -0.4 is 5.73 Å². The topological polar surface area (TPSA) is 75.6 Å². The van der Waals surface area contributed by atoms with Gasteiger partial charge in [-0.2, -0.15) is 5.26 Å². The quantitative estimate of drug-likeness (QED) is 0.555. The average molecular weight is 155 g/mol. The van der Waals surface area contributed by atoms with E-state index in [1.807, 2.05) is 0 Å². The molecule has 1 aromatic rings. The molecule has 1 heterocycles. The van der Waals surface area contributed by atoms with Crippen molar-refractivity contribution in [3.05, 3.63) is 17.2 Å². The molecule has 0 radical (unpaired) electrons. The fourth-order valence-electron chi connectivity index (χ4n) is 0.459. The van der Waals surface area contributed by atoms with Crippen molar-refractivity contribution in [2.24, 2.45) is 0 Å². The van der Waals surface area contributed by atoms with Crippen molar-refractivity contribution in [1.29, 1.82) is 5.26 Å². The van der Waals surface area contributed by atoms with Crippen LogP contribution >= 0.6 is 11.6 Å². The minimum atomic E-state index is 0.0331. The molecule has 0 aliphatic carbocycles. The Morgan fingerprint density at radius 3 is 2.90 bits per heavy atom. The number of nitriles is 1. The molecule has 2 N–H and O–H groups in total. The van der Waals surface area contributed by atoms with Crippen molar-refractivity contribution in [3.63, 3.8) is 0 Å². The third-order valence-electron chi connectivity index (χ3n) is 0.894. The highest BCUT2D eigenvalue weighted by Gasteiger charge is 1.99. The average Bonchev–Trinajstić information content (AvgIpc) is 1.94. The molecule has 0 saturated carbocycles. The Hall–Kier alpha value is -1.34. The molecule has 0 fully saturated rings. The lowest BCUT2D eigenvalue weighted by Gasteiger charge is -1.92. The summed E-state index contributed by atoms with van der Waals surface area (Å²) in [7, 11) is 0. The number of aromatic nitrogens is 2. The predicted octanol–water partition coefficient (Wildman–Crippen LogP) is 0.584. The highest BCUT2D eigenvalue weighted by molar-refractivity contribution is 6.28. The molecule has 0 saturated heterocycles. The van der Waals surface area contributed by atoms with E-state index in [9.17, 15) is 0 Å². The zero-order valence-corrected chi connectivity index (χ0v) is 5.63. The van der Waals surface area contributed by atoms with Gasteiger partial charge in [0.15, 0.2) is 5.69 Å². The van der Waals surface area contributed by atoms with Gasteiger partial charge in [0.2, 0.25) is 5.28 Å². The number of nitrogens with zero attached hydrogens (tertiary/aromatic N) is 3. The van der Waals surface area contributed by atoms with Crippen LogP contribution in [0.1, 0.15) is 5.69 Å². The van der Waals surface area contributed by atoms with Gasteiger partial charge in [0, 0.05) is 0 Å². The summed E-state index contributed by atoms with van der Waals surface area (Å²) >= 11 is 5.37. The van der Waals surface area contributed by atoms with E-state index in [1.165, 1.54) is 6.20 Å². The lowest BCUT2D eigenvalue weighted by atomic mass is 10.4. The van der Waals surface area contributed by atoms with E-state index in [4.69, 9.17) is 22.6 Å². The lowest BCUT2D eigenvalue weighted by molar-refractivity contribution is 1.14. The molecule has 0 bridgehead atoms. The standard InChI is InChI=1S/C5H3ClN4/c6-5-9-2-3(8)4(1-7)10-5/h2H,8H2. The minimum Gasteiger partial charge on any atom is -0.395 e. The third-order valence-corrected chi connectivity index (χ3v) is 1.08. The fourth-order valence-corrected chi connectivity index (χ4v) is 0.592. The fraction of sp³-hybridized carbons (Fsp3) is 0. The Morgan fingerprint density at radius 2 is 2.40 bits per heavy atom. The molecule has 1 rings (SSSR count). The minimum absolute atomic E-state index is 0.0331. The highest BCUT2D eigenvalue weighted by Crippen LogP contribution is 2.07. The molecular weight excluding hydrogens is 152 g/mol. The second-order valence-corrected chi connectivity index (χ2v) is 1.89. The summed E-state index contributed by atoms with van der Waals surface area (Å²) in [5.41, 5.74) is 5.65. The summed E-state index contributed by atoms with van der Waals surface area (Å²) in [5, 5.41) is 8.40. The zero-order chi connectivity index (χ0) is 7.56. The Kier molecular flexibility index (Phi) is 1.69. The molecule has 0 amide bonds. The number of rotatable bonds is 0. The molecule has 0 spiro atoms. The monoisotopic (exact) mass is 154 g/mol. The summed E-state index contributed by atoms with van der Waals surface area (Å²) in [6, 6.07) is 1.78. The normalized spacial score (nSPS) is 8.80. The van der Waals surface area contributed by atoms with E-state index in [-0.39, 0.29) is 16.7 Å². The summed E-state index contributed by atoms with van der Waals surface area (Å²) in [4.78, 5) is 7.12. The lowest BCUT2D eigenvalue weighted by Crippen LogP contribution is -1.95. The molecule has 0 unspecified atom stereocenters. The van der Waals surface area contributed by atoms with Crippen molar-refractivity contribution in [2.75, 3.05) is 5.73 Å². The number of nitrogens with two attached hydrogens (primary N) is 1. The van der Waals surface area contributed by atoms with E-state index in [1.54, 1.807) is 6.07 Å². The SMILES string of the molecule is N#Cc1nc(Cl)ncc1N. The molecular formula is C5H3ClN4. The van der Waals surface area contributed by atoms with Crippen molar-refractivity contribution in [2.45, 2.75) is 0 Å². The van der Waals surface area contributed by atoms with Gasteiger partial charge in [-0.3, -0.25) is 0 Å². The molecule has 4 nitrogen and oxygen atoms in total. The molecule has 1 aromatic heterocycles. The van der Waals surface area contributed by atoms with Crippen LogP contribution in [0.5, 0.6) is 0 Å². The van der Waals surface area contributed by atoms with Crippen molar-refractivity contribution < 1.29 is 0 Å². The van der Waals surface area contributed by atoms with Crippen LogP contribution in [0.4, 0.5) is 5.69 Å². The first-order valence-corrected chi connectivity index (χ1v) is 2.80. The van der Waals surface area contributed by atoms with E-state index in [0.29, 0.717) is 0 Å². The summed E-state index contributed by atoms with van der Waals surface area (Å²) < 4.78 is 0. The van der Waals surface area contributed by atoms with Gasteiger partial charge in [-0.15, -0.1) is 0 Å². The highest BCUT2D eigenvalue weighted by atomic mass is 35.5. The zero-order valence-electron chi connectivity index (χ0n) is 4.87. The van der Waals surface area contributed by atoms with Crippen LogP contribution in [-0.2, 0) is 0 Å². The van der Waals surface area contributed by atoms with Crippen LogP contribution in [0, 0.1) is 11.3 Å². The molecule has 10 heavy (non-hydrogen) atoms. The van der Waals surface area contributed by atoms with Crippen molar-refractivity contribution in [3.8, 4) is 6.07 Å². The predicted molar refractivity (Wildman–Crippen MR) is 36.2 cm³/mol. The smallest absolute Gasteiger partial charge is 0.223 e. The van der Waals surface area contributed by atoms with E-state index in [0.717, 1.165) is 0 Å². The van der Waals surface area contributed by atoms with Gasteiger partial charge in [0.25, 0.3) is 0 Å². The molecule has 0 aliphatic heterocycles. The van der Waals surface area contributed by atoms with Gasteiger partial charge >= 0.3 is 0 Å². The Labute approximate surface area is 62.3 Å². The maximum absolute atomic E-state index is 8.36. The van der Waals surface area contributed by atoms with Gasteiger partial charge in [-0.25, -0.2) is 9.97 Å². The number of anilines is 1. The molecule has 50 valence electrons. The number of halogens is 1. The van der Waals surface area contributed by atoms with Gasteiger partial charge in [0.1, 0.15) is 6.07 Å². The van der Waals surface area contributed by atoms with Crippen LogP contribution in [0.25, 0.3) is 0 Å². The first-order valence-electron chi connectivity index (χ1n) is 2.42. The number of nitrogen functional groups attached to an aromatic ring is 1. The number of hydrogen-bond donors (Lipinski definition) is 1. The van der Waals surface area contributed by atoms with Crippen molar-refractivity contribution >= 4 is 17.3 Å². The first kappa shape index (κ1) is 6.78. The molecule has 0 atom stereocenters. The second-order valence-electron chi connectivity index (χ2n) is 1.55. The summed E-state index contributed by atoms with van der Waals surface area (Å²) in [6.45, 7) is 0. The molecule has 5 heteroatoms. The maximum atomic E-state index is 8.36. The summed E-state index contributed by atoms with van der Waals surface area (Å²) in [6.07, 6.45) is 1.30. The Balaban J connectivity index is 3.25. The van der Waals surface area contributed by atoms with Crippen molar-refractivity contribution in [1.82, 2.24) is 9.97 Å². The Morgan fingerprint density at radius 1 is 1.70 bits per heavy atom. The second kappa shape index (κ2) is 2.50.